The van der Waals surface area contributed by atoms with E-state index in [-0.39, 0.29) is 0 Å². The Bertz CT molecular complexity index is 1100. The van der Waals surface area contributed by atoms with Crippen molar-refractivity contribution in [1.82, 2.24) is 4.90 Å². The summed E-state index contributed by atoms with van der Waals surface area (Å²) in [7, 11) is -3.59. The normalized spacial score (nSPS) is 20.8. The van der Waals surface area contributed by atoms with Crippen LogP contribution >= 0.6 is 0 Å². The van der Waals surface area contributed by atoms with Gasteiger partial charge in [-0.3, -0.25) is 28.8 Å². The van der Waals surface area contributed by atoms with Gasteiger partial charge in [-0.05, 0) is 0 Å². The molecule has 1 rings (SSSR count). The molecule has 4 unspecified atom stereocenters. The topological polar surface area (TPSA) is 212 Å². The SMILES string of the molecule is COC(=O)[C@@H]1CS(=O)(=O)[C@H](C(OC(C)=O)C(OC(C)=O)C(OC(C)=O)C(COC(C)=O)OC(C)=O)N1C(C)=O. The van der Waals surface area contributed by atoms with Crippen molar-refractivity contribution >= 4 is 51.6 Å². The van der Waals surface area contributed by atoms with E-state index in [1.165, 1.54) is 0 Å². The van der Waals surface area contributed by atoms with Crippen LogP contribution in [0, 0.1) is 0 Å². The predicted octanol–water partition coefficient (Wildman–Crippen LogP) is -1.58. The molecule has 1 aliphatic rings. The van der Waals surface area contributed by atoms with Crippen LogP contribution < -0.4 is 0 Å². The lowest BCUT2D eigenvalue weighted by Gasteiger charge is -2.39. The second-order valence-corrected chi connectivity index (χ2v) is 10.5. The zero-order valence-electron chi connectivity index (χ0n) is 22.4. The van der Waals surface area contributed by atoms with Gasteiger partial charge in [0.15, 0.2) is 39.6 Å². The van der Waals surface area contributed by atoms with Crippen molar-refractivity contribution in [3.63, 3.8) is 0 Å². The van der Waals surface area contributed by atoms with Crippen LogP contribution in [0.15, 0.2) is 0 Å². The van der Waals surface area contributed by atoms with Crippen molar-refractivity contribution in [3.8, 4) is 0 Å². The highest BCUT2D eigenvalue weighted by atomic mass is 32.2. The molecule has 0 N–H and O–H groups in total. The average molecular weight is 582 g/mol. The number of nitrogens with zero attached hydrogens (tertiary/aromatic N) is 1. The maximum atomic E-state index is 13.3. The van der Waals surface area contributed by atoms with Gasteiger partial charge in [0.05, 0.1) is 12.9 Å². The Morgan fingerprint density at radius 1 is 0.744 bits per heavy atom. The third-order valence-electron chi connectivity index (χ3n) is 5.17. The van der Waals surface area contributed by atoms with Crippen molar-refractivity contribution in [2.24, 2.45) is 0 Å². The van der Waals surface area contributed by atoms with Crippen LogP contribution in [0.5, 0.6) is 0 Å². The number of amides is 1. The van der Waals surface area contributed by atoms with Gasteiger partial charge < -0.3 is 33.3 Å². The molecule has 0 bridgehead atoms. The Labute approximate surface area is 224 Å². The Kier molecular flexibility index (Phi) is 11.8. The van der Waals surface area contributed by atoms with E-state index >= 15 is 0 Å². The predicted molar refractivity (Wildman–Crippen MR) is 125 cm³/mol. The van der Waals surface area contributed by atoms with Crippen LogP contribution in [0.25, 0.3) is 0 Å². The van der Waals surface area contributed by atoms with Gasteiger partial charge in [-0.25, -0.2) is 13.2 Å². The van der Waals surface area contributed by atoms with Gasteiger partial charge in [-0.15, -0.1) is 0 Å². The molecule has 0 aromatic carbocycles. The molecule has 6 atom stereocenters. The van der Waals surface area contributed by atoms with E-state index in [4.69, 9.17) is 23.7 Å². The first-order valence-electron chi connectivity index (χ1n) is 11.3. The van der Waals surface area contributed by atoms with E-state index in [2.05, 4.69) is 4.74 Å². The van der Waals surface area contributed by atoms with Crippen molar-refractivity contribution < 1.29 is 70.4 Å². The van der Waals surface area contributed by atoms with Crippen LogP contribution in [0.4, 0.5) is 0 Å². The van der Waals surface area contributed by atoms with Gasteiger partial charge in [0.2, 0.25) is 5.91 Å². The number of ether oxygens (including phenoxy) is 6. The molecule has 0 aromatic rings. The van der Waals surface area contributed by atoms with Crippen LogP contribution in [-0.2, 0) is 71.8 Å². The number of hydrogen-bond donors (Lipinski definition) is 0. The van der Waals surface area contributed by atoms with Gasteiger partial charge in [0, 0.05) is 41.5 Å². The lowest BCUT2D eigenvalue weighted by Crippen LogP contribution is -2.61. The third kappa shape index (κ3) is 9.19. The van der Waals surface area contributed by atoms with Gasteiger partial charge >= 0.3 is 35.8 Å². The summed E-state index contributed by atoms with van der Waals surface area (Å²) in [5.41, 5.74) is 0. The largest absolute Gasteiger partial charge is 0.467 e. The molecule has 16 nitrogen and oxygen atoms in total. The van der Waals surface area contributed by atoms with E-state index in [9.17, 15) is 42.0 Å². The van der Waals surface area contributed by atoms with E-state index in [0.29, 0.717) is 4.90 Å². The molecule has 39 heavy (non-hydrogen) atoms. The zero-order chi connectivity index (χ0) is 30.2. The fourth-order valence-electron chi connectivity index (χ4n) is 3.97. The summed E-state index contributed by atoms with van der Waals surface area (Å²) < 4.78 is 57.0. The second-order valence-electron chi connectivity index (χ2n) is 8.36. The lowest BCUT2D eigenvalue weighted by molar-refractivity contribution is -0.205. The molecule has 1 fully saturated rings. The van der Waals surface area contributed by atoms with Gasteiger partial charge in [-0.1, -0.05) is 0 Å². The fraction of sp³-hybridized carbons (Fsp3) is 0.682. The highest BCUT2D eigenvalue weighted by Crippen LogP contribution is 2.33. The van der Waals surface area contributed by atoms with Crippen LogP contribution in [0.3, 0.4) is 0 Å². The molecular weight excluding hydrogens is 550 g/mol. The molecule has 0 aliphatic carbocycles. The number of esters is 6. The van der Waals surface area contributed by atoms with Gasteiger partial charge in [0.1, 0.15) is 12.6 Å². The molecule has 1 heterocycles. The van der Waals surface area contributed by atoms with Gasteiger partial charge in [-0.2, -0.15) is 0 Å². The Hall–Kier alpha value is -3.76. The number of carbonyl (C=O) groups excluding carboxylic acids is 7. The minimum absolute atomic E-state index is 0.572. The number of rotatable bonds is 11. The van der Waals surface area contributed by atoms with Crippen LogP contribution in [0.2, 0.25) is 0 Å². The van der Waals surface area contributed by atoms with E-state index < -0.39 is 99.8 Å². The van der Waals surface area contributed by atoms with Crippen molar-refractivity contribution in [3.05, 3.63) is 0 Å². The average Bonchev–Trinajstić information content (AvgIpc) is 3.07. The molecule has 0 saturated carbocycles. The number of sulfone groups is 1. The van der Waals surface area contributed by atoms with Crippen LogP contribution in [-0.4, -0.2) is 110 Å². The maximum Gasteiger partial charge on any atom is 0.329 e. The summed E-state index contributed by atoms with van der Waals surface area (Å²) in [6.07, 6.45) is -7.88. The molecular formula is C22H31NO15S. The molecule has 0 spiro atoms. The third-order valence-corrected chi connectivity index (χ3v) is 7.19. The second kappa shape index (κ2) is 13.9. The summed E-state index contributed by atoms with van der Waals surface area (Å²) in [6, 6.07) is -1.67. The first-order chi connectivity index (χ1) is 17.9. The molecule has 0 radical (unpaired) electrons. The summed E-state index contributed by atoms with van der Waals surface area (Å²) in [5.74, 6) is -8.12. The van der Waals surface area contributed by atoms with Crippen molar-refractivity contribution in [2.75, 3.05) is 19.5 Å². The van der Waals surface area contributed by atoms with Crippen molar-refractivity contribution in [1.29, 1.82) is 0 Å². The van der Waals surface area contributed by atoms with Gasteiger partial charge in [0.25, 0.3) is 0 Å². The quantitative estimate of drug-likeness (QED) is 0.199. The minimum Gasteiger partial charge on any atom is -0.467 e. The smallest absolute Gasteiger partial charge is 0.329 e. The standard InChI is InChI=1S/C22H31NO15S/c1-10(24)23-16(22(30)33-7)9-39(31,32)21(23)20(38-15(6)29)19(37-14(5)28)18(36-13(4)27)17(35-12(3)26)8-34-11(2)25/h16-21H,8-9H2,1-7H3/t16-,17?,18?,19?,20?,21+/m0/s1. The number of carbonyl (C=O) groups is 7. The van der Waals surface area contributed by atoms with E-state index in [1.807, 2.05) is 0 Å². The highest BCUT2D eigenvalue weighted by molar-refractivity contribution is 7.92. The number of methoxy groups -OCH3 is 1. The number of hydrogen-bond acceptors (Lipinski definition) is 15. The highest BCUT2D eigenvalue weighted by Gasteiger charge is 2.59. The van der Waals surface area contributed by atoms with Crippen LogP contribution in [0.1, 0.15) is 41.5 Å². The Morgan fingerprint density at radius 2 is 1.23 bits per heavy atom. The first kappa shape index (κ1) is 33.3. The molecule has 0 aromatic heterocycles. The fourth-order valence-corrected chi connectivity index (χ4v) is 6.17. The monoisotopic (exact) mass is 581 g/mol. The zero-order valence-corrected chi connectivity index (χ0v) is 23.2. The summed E-state index contributed by atoms with van der Waals surface area (Å²) >= 11 is 0. The summed E-state index contributed by atoms with van der Waals surface area (Å²) in [6.45, 7) is 4.81. The maximum absolute atomic E-state index is 13.3. The molecule has 220 valence electrons. The summed E-state index contributed by atoms with van der Waals surface area (Å²) in [5, 5.41) is -2.16. The molecule has 1 aliphatic heterocycles. The van der Waals surface area contributed by atoms with E-state index in [1.54, 1.807) is 0 Å². The molecule has 1 saturated heterocycles. The first-order valence-corrected chi connectivity index (χ1v) is 13.0. The van der Waals surface area contributed by atoms with E-state index in [0.717, 1.165) is 48.7 Å². The molecule has 1 amide bonds. The Morgan fingerprint density at radius 3 is 1.64 bits per heavy atom. The molecule has 17 heteroatoms. The van der Waals surface area contributed by atoms with Crippen molar-refractivity contribution in [2.45, 2.75) is 77.4 Å². The minimum atomic E-state index is -4.55. The summed E-state index contributed by atoms with van der Waals surface area (Å²) in [4.78, 5) is 85.2. The lowest BCUT2D eigenvalue weighted by atomic mass is 10.0. The Balaban J connectivity index is 3.93.